The molecule has 0 fully saturated rings. The van der Waals surface area contributed by atoms with Gasteiger partial charge in [-0.2, -0.15) is 0 Å². The Kier molecular flexibility index (Phi) is 4.25. The van der Waals surface area contributed by atoms with Gasteiger partial charge in [-0.15, -0.1) is 0 Å². The van der Waals surface area contributed by atoms with Crippen molar-refractivity contribution in [2.75, 3.05) is 38.6 Å². The predicted octanol–water partition coefficient (Wildman–Crippen LogP) is 2.24. The van der Waals surface area contributed by atoms with E-state index in [1.165, 1.54) is 16.8 Å². The zero-order valence-electron chi connectivity index (χ0n) is 12.0. The minimum Gasteiger partial charge on any atom is -0.378 e. The molecule has 2 rings (SSSR count). The van der Waals surface area contributed by atoms with E-state index in [0.717, 1.165) is 26.2 Å². The first-order valence-electron chi connectivity index (χ1n) is 6.92. The van der Waals surface area contributed by atoms with Crippen LogP contribution < -0.4 is 10.2 Å². The summed E-state index contributed by atoms with van der Waals surface area (Å²) in [5.41, 5.74) is 4.24. The molecule has 0 saturated heterocycles. The van der Waals surface area contributed by atoms with E-state index in [0.29, 0.717) is 6.04 Å². The maximum atomic E-state index is 3.55. The lowest BCUT2D eigenvalue weighted by Crippen LogP contribution is -2.39. The Labute approximate surface area is 111 Å². The Bertz CT molecular complexity index is 397. The van der Waals surface area contributed by atoms with E-state index < -0.39 is 0 Å². The molecule has 0 radical (unpaired) electrons. The number of hydrogen-bond donors (Lipinski definition) is 1. The van der Waals surface area contributed by atoms with Crippen LogP contribution in [0.4, 0.5) is 5.69 Å². The van der Waals surface area contributed by atoms with Crippen LogP contribution in [0.5, 0.6) is 0 Å². The van der Waals surface area contributed by atoms with Gasteiger partial charge < -0.3 is 10.2 Å². The molecule has 0 aliphatic carbocycles. The van der Waals surface area contributed by atoms with Gasteiger partial charge in [0.2, 0.25) is 0 Å². The van der Waals surface area contributed by atoms with Crippen LogP contribution in [-0.4, -0.2) is 38.6 Å². The van der Waals surface area contributed by atoms with Crippen molar-refractivity contribution in [1.29, 1.82) is 0 Å². The minimum atomic E-state index is 0.528. The van der Waals surface area contributed by atoms with E-state index in [1.807, 2.05) is 0 Å². The van der Waals surface area contributed by atoms with Crippen molar-refractivity contribution in [3.63, 3.8) is 0 Å². The summed E-state index contributed by atoms with van der Waals surface area (Å²) < 4.78 is 0. The summed E-state index contributed by atoms with van der Waals surface area (Å²) in [6.07, 6.45) is 0. The zero-order valence-corrected chi connectivity index (χ0v) is 12.0. The van der Waals surface area contributed by atoms with Crippen molar-refractivity contribution in [3.8, 4) is 0 Å². The fraction of sp³-hybridized carbons (Fsp3) is 0.600. The number of hydrogen-bond acceptors (Lipinski definition) is 3. The van der Waals surface area contributed by atoms with E-state index in [-0.39, 0.29) is 0 Å². The molecule has 1 aliphatic heterocycles. The molecule has 1 heterocycles. The molecule has 1 atom stereocenters. The molecular weight excluding hydrogens is 222 g/mol. The molecule has 3 heteroatoms. The molecule has 3 nitrogen and oxygen atoms in total. The van der Waals surface area contributed by atoms with Crippen molar-refractivity contribution in [2.24, 2.45) is 0 Å². The maximum Gasteiger partial charge on any atom is 0.0475 e. The third-order valence-electron chi connectivity index (χ3n) is 3.91. The second-order valence-electron chi connectivity index (χ2n) is 5.15. The summed E-state index contributed by atoms with van der Waals surface area (Å²) in [6, 6.07) is 7.40. The molecule has 100 valence electrons. The highest BCUT2D eigenvalue weighted by Crippen LogP contribution is 2.29. The number of fused-ring (bicyclic) bond motifs is 1. The van der Waals surface area contributed by atoms with Crippen LogP contribution in [0.15, 0.2) is 18.2 Å². The summed E-state index contributed by atoms with van der Waals surface area (Å²) in [5, 5.41) is 3.55. The van der Waals surface area contributed by atoms with Crippen LogP contribution >= 0.6 is 0 Å². The smallest absolute Gasteiger partial charge is 0.0475 e. The molecule has 1 aliphatic rings. The first-order valence-corrected chi connectivity index (χ1v) is 6.92. The molecule has 0 saturated carbocycles. The monoisotopic (exact) mass is 247 g/mol. The lowest BCUT2D eigenvalue weighted by molar-refractivity contribution is 0.204. The number of benzene rings is 1. The van der Waals surface area contributed by atoms with Gasteiger partial charge >= 0.3 is 0 Å². The fourth-order valence-electron chi connectivity index (χ4n) is 2.79. The van der Waals surface area contributed by atoms with Gasteiger partial charge in [-0.05, 0) is 36.3 Å². The van der Waals surface area contributed by atoms with E-state index in [4.69, 9.17) is 0 Å². The van der Waals surface area contributed by atoms with Crippen molar-refractivity contribution >= 4 is 5.69 Å². The van der Waals surface area contributed by atoms with E-state index >= 15 is 0 Å². The molecule has 0 amide bonds. The highest BCUT2D eigenvalue weighted by atomic mass is 15.2. The molecule has 0 unspecified atom stereocenters. The summed E-state index contributed by atoms with van der Waals surface area (Å²) >= 11 is 0. The lowest BCUT2D eigenvalue weighted by Gasteiger charge is -2.35. The van der Waals surface area contributed by atoms with Gasteiger partial charge in [-0.1, -0.05) is 19.9 Å². The van der Waals surface area contributed by atoms with Crippen molar-refractivity contribution in [2.45, 2.75) is 26.4 Å². The van der Waals surface area contributed by atoms with Crippen LogP contribution in [0.2, 0.25) is 0 Å². The number of rotatable bonds is 4. The van der Waals surface area contributed by atoms with Crippen LogP contribution in [0.1, 0.15) is 31.0 Å². The van der Waals surface area contributed by atoms with Gasteiger partial charge in [0, 0.05) is 38.9 Å². The third kappa shape index (κ3) is 2.52. The van der Waals surface area contributed by atoms with Crippen molar-refractivity contribution < 1.29 is 0 Å². The van der Waals surface area contributed by atoms with Gasteiger partial charge in [-0.3, -0.25) is 4.90 Å². The molecule has 18 heavy (non-hydrogen) atoms. The average molecular weight is 247 g/mol. The first kappa shape index (κ1) is 13.4. The van der Waals surface area contributed by atoms with Gasteiger partial charge in [0.25, 0.3) is 0 Å². The topological polar surface area (TPSA) is 18.5 Å². The highest BCUT2D eigenvalue weighted by molar-refractivity contribution is 5.51. The van der Waals surface area contributed by atoms with Crippen LogP contribution in [0.3, 0.4) is 0 Å². The van der Waals surface area contributed by atoms with Gasteiger partial charge in [-0.25, -0.2) is 0 Å². The third-order valence-corrected chi connectivity index (χ3v) is 3.91. The predicted molar refractivity (Wildman–Crippen MR) is 78.1 cm³/mol. The second-order valence-corrected chi connectivity index (χ2v) is 5.15. The SMILES string of the molecule is CCN(CC)[C@H]1CNCc2cc(N(C)C)ccc21. The molecule has 1 N–H and O–H groups in total. The first-order chi connectivity index (χ1) is 8.67. The summed E-state index contributed by atoms with van der Waals surface area (Å²) in [7, 11) is 4.19. The Morgan fingerprint density at radius 3 is 2.56 bits per heavy atom. The summed E-state index contributed by atoms with van der Waals surface area (Å²) in [4.78, 5) is 4.70. The Balaban J connectivity index is 2.32. The minimum absolute atomic E-state index is 0.528. The number of nitrogens with zero attached hydrogens (tertiary/aromatic N) is 2. The summed E-state index contributed by atoms with van der Waals surface area (Å²) in [5.74, 6) is 0. The largest absolute Gasteiger partial charge is 0.378 e. The van der Waals surface area contributed by atoms with Crippen LogP contribution in [-0.2, 0) is 6.54 Å². The molecule has 1 aromatic rings. The highest BCUT2D eigenvalue weighted by Gasteiger charge is 2.24. The van der Waals surface area contributed by atoms with Gasteiger partial charge in [0.05, 0.1) is 0 Å². The molecule has 1 aromatic carbocycles. The van der Waals surface area contributed by atoms with E-state index in [2.05, 4.69) is 61.3 Å². The summed E-state index contributed by atoms with van der Waals surface area (Å²) in [6.45, 7) is 8.76. The van der Waals surface area contributed by atoms with E-state index in [1.54, 1.807) is 0 Å². The van der Waals surface area contributed by atoms with Crippen LogP contribution in [0.25, 0.3) is 0 Å². The van der Waals surface area contributed by atoms with E-state index in [9.17, 15) is 0 Å². The Hall–Kier alpha value is -1.06. The fourth-order valence-corrected chi connectivity index (χ4v) is 2.79. The van der Waals surface area contributed by atoms with Crippen molar-refractivity contribution in [3.05, 3.63) is 29.3 Å². The molecular formula is C15H25N3. The molecule has 0 aromatic heterocycles. The van der Waals surface area contributed by atoms with Gasteiger partial charge in [0.1, 0.15) is 0 Å². The maximum absolute atomic E-state index is 3.55. The number of likely N-dealkylation sites (N-methyl/N-ethyl adjacent to an activating group) is 1. The Morgan fingerprint density at radius 1 is 1.22 bits per heavy atom. The molecule has 0 bridgehead atoms. The quantitative estimate of drug-likeness (QED) is 0.880. The van der Waals surface area contributed by atoms with Crippen LogP contribution in [0, 0.1) is 0 Å². The average Bonchev–Trinajstić information content (AvgIpc) is 2.39. The number of nitrogens with one attached hydrogen (secondary N) is 1. The standard InChI is InChI=1S/C15H25N3/c1-5-18(6-2)15-11-16-10-12-9-13(17(3)4)7-8-14(12)15/h7-9,15-16H,5-6,10-11H2,1-4H3/t15-/m0/s1. The molecule has 0 spiro atoms. The Morgan fingerprint density at radius 2 is 1.94 bits per heavy atom. The second kappa shape index (κ2) is 5.72. The van der Waals surface area contributed by atoms with Crippen molar-refractivity contribution in [1.82, 2.24) is 10.2 Å². The normalized spacial score (nSPS) is 18.8. The van der Waals surface area contributed by atoms with Gasteiger partial charge in [0.15, 0.2) is 0 Å². The lowest BCUT2D eigenvalue weighted by atomic mass is 9.94. The number of anilines is 1. The zero-order chi connectivity index (χ0) is 13.1.